The van der Waals surface area contributed by atoms with Crippen LogP contribution in [0.15, 0.2) is 87.3 Å². The Morgan fingerprint density at radius 2 is 1.45 bits per heavy atom. The summed E-state index contributed by atoms with van der Waals surface area (Å²) in [5, 5.41) is 0. The molecule has 3 aromatic rings. The van der Waals surface area contributed by atoms with Crippen molar-refractivity contribution in [3.8, 4) is 0 Å². The molecule has 0 unspecified atom stereocenters. The molecule has 0 aromatic heterocycles. The van der Waals surface area contributed by atoms with E-state index in [1.54, 1.807) is 0 Å². The quantitative estimate of drug-likeness (QED) is 0.314. The van der Waals surface area contributed by atoms with E-state index >= 15 is 0 Å². The Bertz CT molecular complexity index is 1150. The molecular weight excluding hydrogens is 484 g/mol. The average molecular weight is 506 g/mol. The SMILES string of the molecule is CC1=C(/C=C(\C)Br)C2(c3ccccc3CCc3ccccc32)c2cc(Br)ccc21. The molecule has 0 heterocycles. The highest BCUT2D eigenvalue weighted by Crippen LogP contribution is 2.58. The topological polar surface area (TPSA) is 0 Å². The molecule has 0 saturated carbocycles. The summed E-state index contributed by atoms with van der Waals surface area (Å²) in [5.41, 5.74) is 10.9. The Morgan fingerprint density at radius 3 is 2.03 bits per heavy atom. The third kappa shape index (κ3) is 2.76. The van der Waals surface area contributed by atoms with Crippen molar-refractivity contribution in [3.63, 3.8) is 0 Å². The van der Waals surface area contributed by atoms with Crippen LogP contribution in [0.3, 0.4) is 0 Å². The summed E-state index contributed by atoms with van der Waals surface area (Å²) in [6.45, 7) is 4.40. The van der Waals surface area contributed by atoms with Crippen molar-refractivity contribution < 1.29 is 0 Å². The van der Waals surface area contributed by atoms with Gasteiger partial charge in [0.1, 0.15) is 0 Å². The summed E-state index contributed by atoms with van der Waals surface area (Å²) >= 11 is 7.50. The number of halogens is 2. The van der Waals surface area contributed by atoms with E-state index in [-0.39, 0.29) is 5.41 Å². The molecular formula is C27H22Br2. The fourth-order valence-corrected chi connectivity index (χ4v) is 5.93. The molecule has 3 aromatic carbocycles. The number of allylic oxidation sites excluding steroid dienone is 4. The van der Waals surface area contributed by atoms with Gasteiger partial charge in [-0.3, -0.25) is 0 Å². The first-order valence-electron chi connectivity index (χ1n) is 10.1. The van der Waals surface area contributed by atoms with Gasteiger partial charge < -0.3 is 0 Å². The number of hydrogen-bond donors (Lipinski definition) is 0. The molecule has 2 aliphatic carbocycles. The third-order valence-electron chi connectivity index (χ3n) is 6.45. The zero-order valence-corrected chi connectivity index (χ0v) is 19.8. The van der Waals surface area contributed by atoms with Gasteiger partial charge in [0.15, 0.2) is 0 Å². The fourth-order valence-electron chi connectivity index (χ4n) is 5.34. The molecule has 0 nitrogen and oxygen atoms in total. The Kier molecular flexibility index (Phi) is 4.68. The van der Waals surface area contributed by atoms with E-state index in [4.69, 9.17) is 0 Å². The molecule has 144 valence electrons. The summed E-state index contributed by atoms with van der Waals surface area (Å²) in [6, 6.07) is 24.9. The van der Waals surface area contributed by atoms with E-state index < -0.39 is 0 Å². The van der Waals surface area contributed by atoms with Crippen LogP contribution >= 0.6 is 31.9 Å². The summed E-state index contributed by atoms with van der Waals surface area (Å²) in [4.78, 5) is 0. The second kappa shape index (κ2) is 7.11. The third-order valence-corrected chi connectivity index (χ3v) is 7.17. The maximum absolute atomic E-state index is 3.76. The Hall–Kier alpha value is -1.90. The van der Waals surface area contributed by atoms with E-state index in [0.29, 0.717) is 0 Å². The maximum Gasteiger partial charge on any atom is 0.0716 e. The van der Waals surface area contributed by atoms with E-state index in [2.05, 4.69) is 119 Å². The van der Waals surface area contributed by atoms with Gasteiger partial charge in [-0.25, -0.2) is 0 Å². The Balaban J connectivity index is 2.02. The smallest absolute Gasteiger partial charge is 0.0620 e. The summed E-state index contributed by atoms with van der Waals surface area (Å²) in [5.74, 6) is 0. The largest absolute Gasteiger partial charge is 0.0716 e. The van der Waals surface area contributed by atoms with Crippen molar-refractivity contribution in [1.82, 2.24) is 0 Å². The van der Waals surface area contributed by atoms with E-state index in [1.807, 2.05) is 0 Å². The predicted octanol–water partition coefficient (Wildman–Crippen LogP) is 7.97. The maximum atomic E-state index is 3.76. The van der Waals surface area contributed by atoms with Gasteiger partial charge in [0.05, 0.1) is 5.41 Å². The van der Waals surface area contributed by atoms with Crippen LogP contribution in [-0.4, -0.2) is 0 Å². The highest BCUT2D eigenvalue weighted by molar-refractivity contribution is 9.11. The highest BCUT2D eigenvalue weighted by Gasteiger charge is 2.48. The summed E-state index contributed by atoms with van der Waals surface area (Å²) in [7, 11) is 0. The van der Waals surface area contributed by atoms with Crippen LogP contribution in [0.25, 0.3) is 5.57 Å². The second-order valence-corrected chi connectivity index (χ2v) is 10.2. The van der Waals surface area contributed by atoms with E-state index in [1.165, 1.54) is 44.5 Å². The van der Waals surface area contributed by atoms with Crippen LogP contribution in [0.2, 0.25) is 0 Å². The lowest BCUT2D eigenvalue weighted by atomic mass is 9.65. The van der Waals surface area contributed by atoms with Crippen molar-refractivity contribution in [2.75, 3.05) is 0 Å². The van der Waals surface area contributed by atoms with E-state index in [0.717, 1.165) is 21.8 Å². The van der Waals surface area contributed by atoms with Crippen molar-refractivity contribution in [2.24, 2.45) is 0 Å². The molecule has 1 spiro atoms. The van der Waals surface area contributed by atoms with Crippen LogP contribution in [0.1, 0.15) is 47.2 Å². The Labute approximate surface area is 189 Å². The van der Waals surface area contributed by atoms with Crippen LogP contribution in [0, 0.1) is 0 Å². The standard InChI is InChI=1S/C27H22Br2/c1-17(28)15-25-18(2)22-14-13-21(29)16-26(22)27(25)23-9-5-3-7-19(23)11-12-20-8-4-6-10-24(20)27/h3-10,13-16H,11-12H2,1-2H3/b17-15+. The van der Waals surface area contributed by atoms with Crippen molar-refractivity contribution in [3.05, 3.63) is 121 Å². The lowest BCUT2D eigenvalue weighted by Crippen LogP contribution is -2.30. The lowest BCUT2D eigenvalue weighted by molar-refractivity contribution is 0.754. The highest BCUT2D eigenvalue weighted by atomic mass is 79.9. The summed E-state index contributed by atoms with van der Waals surface area (Å²) < 4.78 is 2.28. The molecule has 2 aliphatic rings. The van der Waals surface area contributed by atoms with Crippen molar-refractivity contribution in [1.29, 1.82) is 0 Å². The zero-order chi connectivity index (χ0) is 20.2. The first kappa shape index (κ1) is 19.1. The van der Waals surface area contributed by atoms with Crippen LogP contribution < -0.4 is 0 Å². The lowest BCUT2D eigenvalue weighted by Gasteiger charge is -2.36. The minimum Gasteiger partial charge on any atom is -0.0620 e. The van der Waals surface area contributed by atoms with Crippen LogP contribution in [0.4, 0.5) is 0 Å². The van der Waals surface area contributed by atoms with Gasteiger partial charge in [-0.15, -0.1) is 0 Å². The van der Waals surface area contributed by atoms with Gasteiger partial charge in [0.2, 0.25) is 0 Å². The Morgan fingerprint density at radius 1 is 0.862 bits per heavy atom. The number of benzene rings is 3. The number of aryl methyl sites for hydroxylation is 2. The first-order chi connectivity index (χ1) is 14.0. The molecule has 29 heavy (non-hydrogen) atoms. The fraction of sp³-hybridized carbons (Fsp3) is 0.185. The van der Waals surface area contributed by atoms with Gasteiger partial charge >= 0.3 is 0 Å². The molecule has 5 rings (SSSR count). The van der Waals surface area contributed by atoms with Gasteiger partial charge in [0, 0.05) is 4.47 Å². The normalized spacial score (nSPS) is 17.0. The molecule has 0 atom stereocenters. The van der Waals surface area contributed by atoms with E-state index in [9.17, 15) is 0 Å². The van der Waals surface area contributed by atoms with Gasteiger partial charge in [-0.1, -0.05) is 86.5 Å². The number of fused-ring (bicyclic) bond motifs is 6. The van der Waals surface area contributed by atoms with Crippen LogP contribution in [-0.2, 0) is 18.3 Å². The molecule has 0 bridgehead atoms. The average Bonchev–Trinajstić information content (AvgIpc) is 2.85. The van der Waals surface area contributed by atoms with Crippen molar-refractivity contribution in [2.45, 2.75) is 32.1 Å². The van der Waals surface area contributed by atoms with Gasteiger partial charge in [0.25, 0.3) is 0 Å². The zero-order valence-electron chi connectivity index (χ0n) is 16.6. The minimum atomic E-state index is -0.290. The molecule has 0 aliphatic heterocycles. The minimum absolute atomic E-state index is 0.290. The molecule has 0 saturated heterocycles. The monoisotopic (exact) mass is 504 g/mol. The molecule has 0 radical (unpaired) electrons. The van der Waals surface area contributed by atoms with Gasteiger partial charge in [-0.05, 0) is 93.9 Å². The molecule has 0 N–H and O–H groups in total. The summed E-state index contributed by atoms with van der Waals surface area (Å²) in [6.07, 6.45) is 4.48. The number of rotatable bonds is 1. The molecule has 2 heteroatoms. The predicted molar refractivity (Wildman–Crippen MR) is 130 cm³/mol. The van der Waals surface area contributed by atoms with Crippen LogP contribution in [0.5, 0.6) is 0 Å². The molecule has 0 amide bonds. The van der Waals surface area contributed by atoms with Gasteiger partial charge in [-0.2, -0.15) is 0 Å². The van der Waals surface area contributed by atoms with Crippen molar-refractivity contribution >= 4 is 37.4 Å². The number of hydrogen-bond acceptors (Lipinski definition) is 0. The molecule has 0 fully saturated rings. The second-order valence-electron chi connectivity index (χ2n) is 8.02. The first-order valence-corrected chi connectivity index (χ1v) is 11.6.